The van der Waals surface area contributed by atoms with Crippen LogP contribution in [0.5, 0.6) is 0 Å². The number of nitrogens with one attached hydrogen (secondary N) is 1. The van der Waals surface area contributed by atoms with E-state index in [1.54, 1.807) is 29.1 Å². The minimum Gasteiger partial charge on any atom is -0.338 e. The molecule has 8 nitrogen and oxygen atoms in total. The quantitative estimate of drug-likeness (QED) is 0.449. The number of carbonyl (C=O) groups excluding carboxylic acids is 1. The molecule has 0 radical (unpaired) electrons. The predicted octanol–water partition coefficient (Wildman–Crippen LogP) is 3.60. The Morgan fingerprint density at radius 2 is 1.74 bits per heavy atom. The lowest BCUT2D eigenvalue weighted by atomic mass is 10.1. The van der Waals surface area contributed by atoms with Gasteiger partial charge in [0.2, 0.25) is 5.78 Å². The zero-order valence-electron chi connectivity index (χ0n) is 19.2. The van der Waals surface area contributed by atoms with Crippen LogP contribution in [0.3, 0.4) is 0 Å². The fraction of sp³-hybridized carbons (Fsp3) is 0.154. The number of aromatic nitrogens is 4. The second kappa shape index (κ2) is 8.68. The molecule has 0 amide bonds. The maximum Gasteiger partial charge on any atom is 0.332 e. The van der Waals surface area contributed by atoms with E-state index >= 15 is 0 Å². The second-order valence-corrected chi connectivity index (χ2v) is 8.25. The Bertz CT molecular complexity index is 1600. The zero-order valence-corrected chi connectivity index (χ0v) is 19.2. The number of hydrogen-bond acceptors (Lipinski definition) is 5. The van der Waals surface area contributed by atoms with Crippen molar-refractivity contribution in [3.05, 3.63) is 104 Å². The fourth-order valence-corrected chi connectivity index (χ4v) is 4.15. The summed E-state index contributed by atoms with van der Waals surface area (Å²) in [5, 5.41) is 7.67. The number of anilines is 1. The highest BCUT2D eigenvalue weighted by molar-refractivity contribution is 6.20. The van der Waals surface area contributed by atoms with Gasteiger partial charge in [0, 0.05) is 30.9 Å². The Morgan fingerprint density at radius 3 is 2.43 bits per heavy atom. The number of hydrogen-bond donors (Lipinski definition) is 1. The number of halogens is 1. The molecule has 0 fully saturated rings. The van der Waals surface area contributed by atoms with E-state index in [0.717, 1.165) is 10.3 Å². The van der Waals surface area contributed by atoms with Gasteiger partial charge >= 0.3 is 5.69 Å². The van der Waals surface area contributed by atoms with Crippen molar-refractivity contribution in [3.8, 4) is 16.9 Å². The van der Waals surface area contributed by atoms with Crippen molar-refractivity contribution in [3.63, 3.8) is 0 Å². The standard InChI is InChI=1S/C26H22FN5O3/c1-3-13-31-24-21(25(34)30(2)26(31)35)23(33)20(28-24)14-17-15-32(19-7-5-4-6-8-19)29-22(17)16-9-11-18(27)12-10-16/h4-12,14-15,28H,3,13H2,1-2H3/b20-14-. The molecule has 2 aromatic carbocycles. The molecule has 3 heterocycles. The minimum atomic E-state index is -0.642. The fourth-order valence-electron chi connectivity index (χ4n) is 4.15. The van der Waals surface area contributed by atoms with Crippen molar-refractivity contribution in [2.75, 3.05) is 5.32 Å². The van der Waals surface area contributed by atoms with Crippen molar-refractivity contribution in [1.82, 2.24) is 18.9 Å². The summed E-state index contributed by atoms with van der Waals surface area (Å²) in [5.41, 5.74) is 1.55. The van der Waals surface area contributed by atoms with Gasteiger partial charge in [0.1, 0.15) is 22.9 Å². The number of allylic oxidation sites excluding steroid dienone is 1. The number of ketones is 1. The smallest absolute Gasteiger partial charge is 0.332 e. The molecule has 0 spiro atoms. The van der Waals surface area contributed by atoms with Gasteiger partial charge in [0.05, 0.1) is 11.4 Å². The van der Waals surface area contributed by atoms with Gasteiger partial charge in [-0.2, -0.15) is 5.10 Å². The molecule has 0 aliphatic carbocycles. The molecule has 0 atom stereocenters. The van der Waals surface area contributed by atoms with Gasteiger partial charge in [-0.05, 0) is 48.9 Å². The molecule has 0 saturated heterocycles. The van der Waals surface area contributed by atoms with E-state index in [9.17, 15) is 18.8 Å². The normalized spacial score (nSPS) is 13.8. The van der Waals surface area contributed by atoms with Crippen LogP contribution < -0.4 is 16.6 Å². The van der Waals surface area contributed by atoms with Crippen molar-refractivity contribution in [2.24, 2.45) is 7.05 Å². The Labute approximate surface area is 199 Å². The minimum absolute atomic E-state index is 0.0643. The summed E-state index contributed by atoms with van der Waals surface area (Å²) in [7, 11) is 1.36. The van der Waals surface area contributed by atoms with Crippen LogP contribution in [0.1, 0.15) is 29.3 Å². The van der Waals surface area contributed by atoms with E-state index in [-0.39, 0.29) is 22.9 Å². The summed E-state index contributed by atoms with van der Waals surface area (Å²) in [6, 6.07) is 15.4. The molecule has 1 N–H and O–H groups in total. The van der Waals surface area contributed by atoms with Gasteiger partial charge in [0.15, 0.2) is 0 Å². The number of benzene rings is 2. The largest absolute Gasteiger partial charge is 0.338 e. The van der Waals surface area contributed by atoms with Crippen LogP contribution >= 0.6 is 0 Å². The molecule has 4 aromatic rings. The van der Waals surface area contributed by atoms with E-state index in [1.165, 1.54) is 23.7 Å². The third kappa shape index (κ3) is 3.80. The first-order chi connectivity index (χ1) is 16.9. The highest BCUT2D eigenvalue weighted by atomic mass is 19.1. The lowest BCUT2D eigenvalue weighted by molar-refractivity contribution is 0.104. The number of nitrogens with zero attached hydrogens (tertiary/aromatic N) is 4. The van der Waals surface area contributed by atoms with E-state index < -0.39 is 17.0 Å². The lowest BCUT2D eigenvalue weighted by Crippen LogP contribution is -2.40. The molecular weight excluding hydrogens is 449 g/mol. The van der Waals surface area contributed by atoms with Crippen LogP contribution in [-0.4, -0.2) is 24.7 Å². The first kappa shape index (κ1) is 22.3. The summed E-state index contributed by atoms with van der Waals surface area (Å²) >= 11 is 0. The highest BCUT2D eigenvalue weighted by Crippen LogP contribution is 2.30. The molecule has 5 rings (SSSR count). The first-order valence-electron chi connectivity index (χ1n) is 11.2. The van der Waals surface area contributed by atoms with Crippen LogP contribution in [0.25, 0.3) is 23.0 Å². The van der Waals surface area contributed by atoms with Gasteiger partial charge in [-0.25, -0.2) is 13.9 Å². The van der Waals surface area contributed by atoms with Crippen molar-refractivity contribution < 1.29 is 9.18 Å². The lowest BCUT2D eigenvalue weighted by Gasteiger charge is -2.11. The van der Waals surface area contributed by atoms with Crippen molar-refractivity contribution >= 4 is 17.7 Å². The average molecular weight is 471 g/mol. The number of rotatable bonds is 5. The summed E-state index contributed by atoms with van der Waals surface area (Å²) in [6.45, 7) is 2.26. The third-order valence-corrected chi connectivity index (χ3v) is 5.90. The molecule has 1 aliphatic heterocycles. The summed E-state index contributed by atoms with van der Waals surface area (Å²) in [6.07, 6.45) is 4.02. The van der Waals surface area contributed by atoms with Crippen LogP contribution in [0, 0.1) is 5.82 Å². The second-order valence-electron chi connectivity index (χ2n) is 8.25. The monoisotopic (exact) mass is 471 g/mol. The van der Waals surface area contributed by atoms with E-state index in [0.29, 0.717) is 29.8 Å². The molecular formula is C26H22FN5O3. The van der Waals surface area contributed by atoms with Gasteiger partial charge in [-0.1, -0.05) is 25.1 Å². The van der Waals surface area contributed by atoms with Gasteiger partial charge < -0.3 is 5.32 Å². The van der Waals surface area contributed by atoms with Crippen LogP contribution in [0.15, 0.2) is 76.1 Å². The molecule has 176 valence electrons. The molecule has 2 aromatic heterocycles. The Balaban J connectivity index is 1.66. The Hall–Kier alpha value is -4.53. The molecule has 1 aliphatic rings. The maximum absolute atomic E-state index is 13.6. The summed E-state index contributed by atoms with van der Waals surface area (Å²) in [5.74, 6) is -0.665. The number of carbonyl (C=O) groups is 1. The first-order valence-corrected chi connectivity index (χ1v) is 11.2. The van der Waals surface area contributed by atoms with Gasteiger partial charge in [-0.3, -0.25) is 18.7 Å². The Kier molecular flexibility index (Phi) is 5.52. The Morgan fingerprint density at radius 1 is 1.03 bits per heavy atom. The zero-order chi connectivity index (χ0) is 24.7. The van der Waals surface area contributed by atoms with Crippen LogP contribution in [-0.2, 0) is 13.6 Å². The SMILES string of the molecule is CCCn1c2c(c(=O)n(C)c1=O)C(=O)/C(=C/c1cn(-c3ccccc3)nc1-c1ccc(F)cc1)N2. The summed E-state index contributed by atoms with van der Waals surface area (Å²) in [4.78, 5) is 38.7. The topological polar surface area (TPSA) is 90.9 Å². The van der Waals surface area contributed by atoms with E-state index in [4.69, 9.17) is 0 Å². The van der Waals surface area contributed by atoms with Crippen molar-refractivity contribution in [2.45, 2.75) is 19.9 Å². The predicted molar refractivity (Wildman–Crippen MR) is 131 cm³/mol. The van der Waals surface area contributed by atoms with Crippen molar-refractivity contribution in [1.29, 1.82) is 0 Å². The average Bonchev–Trinajstić information content (AvgIpc) is 3.43. The summed E-state index contributed by atoms with van der Waals surface area (Å²) < 4.78 is 17.6. The third-order valence-electron chi connectivity index (χ3n) is 5.90. The number of Topliss-reactive ketones (excluding diaryl/α,β-unsaturated/α-hetero) is 1. The highest BCUT2D eigenvalue weighted by Gasteiger charge is 2.32. The molecule has 9 heteroatoms. The molecule has 0 unspecified atom stereocenters. The van der Waals surface area contributed by atoms with Gasteiger partial charge in [0.25, 0.3) is 5.56 Å². The molecule has 0 bridgehead atoms. The number of fused-ring (bicyclic) bond motifs is 1. The van der Waals surface area contributed by atoms with Crippen LogP contribution in [0.4, 0.5) is 10.2 Å². The molecule has 35 heavy (non-hydrogen) atoms. The molecule has 0 saturated carbocycles. The van der Waals surface area contributed by atoms with Crippen LogP contribution in [0.2, 0.25) is 0 Å². The van der Waals surface area contributed by atoms with E-state index in [2.05, 4.69) is 10.4 Å². The maximum atomic E-state index is 13.6. The van der Waals surface area contributed by atoms with Gasteiger partial charge in [-0.15, -0.1) is 0 Å². The van der Waals surface area contributed by atoms with E-state index in [1.807, 2.05) is 37.3 Å². The number of para-hydroxylation sites is 1.